The molecule has 0 aromatic heterocycles. The lowest BCUT2D eigenvalue weighted by Gasteiger charge is -2.38. The van der Waals surface area contributed by atoms with E-state index in [1.54, 1.807) is 0 Å². The largest absolute Gasteiger partial charge is 0.306 e. The summed E-state index contributed by atoms with van der Waals surface area (Å²) in [6.45, 7) is 3.54. The first-order valence-corrected chi connectivity index (χ1v) is 7.98. The zero-order valence-corrected chi connectivity index (χ0v) is 14.0. The van der Waals surface area contributed by atoms with Gasteiger partial charge < -0.3 is 14.7 Å². The van der Waals surface area contributed by atoms with Crippen molar-refractivity contribution in [1.82, 2.24) is 14.7 Å². The molecule has 1 rings (SSSR count). The molecule has 1 aliphatic carbocycles. The van der Waals surface area contributed by atoms with Crippen LogP contribution >= 0.6 is 0 Å². The van der Waals surface area contributed by atoms with E-state index in [1.165, 1.54) is 45.1 Å². The minimum absolute atomic E-state index is 0.732. The van der Waals surface area contributed by atoms with Crippen molar-refractivity contribution in [3.05, 3.63) is 0 Å². The summed E-state index contributed by atoms with van der Waals surface area (Å²) in [5, 5.41) is 0. The second-order valence-corrected chi connectivity index (χ2v) is 6.73. The summed E-state index contributed by atoms with van der Waals surface area (Å²) in [4.78, 5) is 7.40. The van der Waals surface area contributed by atoms with Gasteiger partial charge in [0.1, 0.15) is 0 Å². The van der Waals surface area contributed by atoms with Crippen LogP contribution in [0.15, 0.2) is 0 Å². The minimum atomic E-state index is 0.732. The molecule has 0 aromatic rings. The average Bonchev–Trinajstić information content (AvgIpc) is 2.38. The molecular weight excluding hydrogens is 234 g/mol. The van der Waals surface area contributed by atoms with Crippen molar-refractivity contribution in [1.29, 1.82) is 0 Å². The van der Waals surface area contributed by atoms with Gasteiger partial charge in [0.25, 0.3) is 0 Å². The van der Waals surface area contributed by atoms with E-state index >= 15 is 0 Å². The van der Waals surface area contributed by atoms with Crippen molar-refractivity contribution >= 4 is 0 Å². The van der Waals surface area contributed by atoms with Crippen molar-refractivity contribution in [2.75, 3.05) is 41.8 Å². The van der Waals surface area contributed by atoms with Gasteiger partial charge in [-0.15, -0.1) is 0 Å². The molecule has 3 atom stereocenters. The van der Waals surface area contributed by atoms with E-state index in [2.05, 4.69) is 56.9 Å². The van der Waals surface area contributed by atoms with Crippen LogP contribution in [0.25, 0.3) is 0 Å². The molecule has 3 unspecified atom stereocenters. The summed E-state index contributed by atoms with van der Waals surface area (Å²) in [7, 11) is 11.2. The fourth-order valence-electron chi connectivity index (χ4n) is 3.37. The SMILES string of the molecule is CCC(CCN(C)C1CCCC(N(C)C)C1)N(C)C. The normalized spacial score (nSPS) is 26.4. The van der Waals surface area contributed by atoms with Crippen molar-refractivity contribution in [2.45, 2.75) is 63.6 Å². The van der Waals surface area contributed by atoms with Gasteiger partial charge in [0.2, 0.25) is 0 Å². The summed E-state index contributed by atoms with van der Waals surface area (Å²) < 4.78 is 0. The Hall–Kier alpha value is -0.120. The van der Waals surface area contributed by atoms with E-state index in [9.17, 15) is 0 Å². The maximum Gasteiger partial charge on any atom is 0.0107 e. The van der Waals surface area contributed by atoms with Crippen LogP contribution in [-0.2, 0) is 0 Å². The number of hydrogen-bond donors (Lipinski definition) is 0. The Labute approximate surface area is 120 Å². The average molecular weight is 269 g/mol. The third-order valence-corrected chi connectivity index (χ3v) is 4.99. The first-order valence-electron chi connectivity index (χ1n) is 7.98. The Balaban J connectivity index is 2.38. The molecular formula is C16H35N3. The Morgan fingerprint density at radius 3 is 2.16 bits per heavy atom. The van der Waals surface area contributed by atoms with E-state index in [-0.39, 0.29) is 0 Å². The summed E-state index contributed by atoms with van der Waals surface area (Å²) in [5.41, 5.74) is 0. The van der Waals surface area contributed by atoms with Crippen LogP contribution < -0.4 is 0 Å². The van der Waals surface area contributed by atoms with Crippen molar-refractivity contribution in [3.63, 3.8) is 0 Å². The Bertz CT molecular complexity index is 240. The van der Waals surface area contributed by atoms with Crippen molar-refractivity contribution < 1.29 is 0 Å². The fraction of sp³-hybridized carbons (Fsp3) is 1.00. The number of nitrogens with zero attached hydrogens (tertiary/aromatic N) is 3. The van der Waals surface area contributed by atoms with Gasteiger partial charge >= 0.3 is 0 Å². The van der Waals surface area contributed by atoms with Crippen LogP contribution in [0.2, 0.25) is 0 Å². The molecule has 1 fully saturated rings. The Kier molecular flexibility index (Phi) is 7.33. The Morgan fingerprint density at radius 1 is 1.00 bits per heavy atom. The molecule has 19 heavy (non-hydrogen) atoms. The van der Waals surface area contributed by atoms with E-state index in [0.29, 0.717) is 0 Å². The molecule has 1 aliphatic rings. The lowest BCUT2D eigenvalue weighted by Crippen LogP contribution is -2.43. The highest BCUT2D eigenvalue weighted by Crippen LogP contribution is 2.25. The molecule has 0 spiro atoms. The van der Waals surface area contributed by atoms with Gasteiger partial charge in [-0.25, -0.2) is 0 Å². The third kappa shape index (κ3) is 5.41. The molecule has 3 heteroatoms. The highest BCUT2D eigenvalue weighted by atomic mass is 15.2. The molecule has 0 aliphatic heterocycles. The second-order valence-electron chi connectivity index (χ2n) is 6.73. The smallest absolute Gasteiger partial charge is 0.0107 e. The van der Waals surface area contributed by atoms with Gasteiger partial charge in [-0.2, -0.15) is 0 Å². The molecule has 0 bridgehead atoms. The summed E-state index contributed by atoms with van der Waals surface area (Å²) in [5.74, 6) is 0. The van der Waals surface area contributed by atoms with E-state index in [1.807, 2.05) is 0 Å². The molecule has 0 N–H and O–H groups in total. The van der Waals surface area contributed by atoms with E-state index in [0.717, 1.165) is 18.1 Å². The van der Waals surface area contributed by atoms with Crippen LogP contribution in [0, 0.1) is 0 Å². The predicted octanol–water partition coefficient (Wildman–Crippen LogP) is 2.52. The molecule has 1 saturated carbocycles. The molecule has 0 amide bonds. The Morgan fingerprint density at radius 2 is 1.63 bits per heavy atom. The number of hydrogen-bond acceptors (Lipinski definition) is 3. The number of rotatable bonds is 7. The third-order valence-electron chi connectivity index (χ3n) is 4.99. The first-order chi connectivity index (χ1) is 8.95. The van der Waals surface area contributed by atoms with Crippen molar-refractivity contribution in [3.8, 4) is 0 Å². The highest BCUT2D eigenvalue weighted by Gasteiger charge is 2.26. The van der Waals surface area contributed by atoms with E-state index in [4.69, 9.17) is 0 Å². The monoisotopic (exact) mass is 269 g/mol. The fourth-order valence-corrected chi connectivity index (χ4v) is 3.37. The molecule has 0 aromatic carbocycles. The molecule has 114 valence electrons. The van der Waals surface area contributed by atoms with Gasteiger partial charge in [-0.05, 0) is 73.9 Å². The van der Waals surface area contributed by atoms with Gasteiger partial charge in [-0.1, -0.05) is 13.3 Å². The zero-order chi connectivity index (χ0) is 14.4. The summed E-state index contributed by atoms with van der Waals surface area (Å²) in [6.07, 6.45) is 8.06. The van der Waals surface area contributed by atoms with Gasteiger partial charge in [0, 0.05) is 18.1 Å². The molecule has 0 saturated heterocycles. The van der Waals surface area contributed by atoms with Crippen LogP contribution in [0.4, 0.5) is 0 Å². The molecule has 3 nitrogen and oxygen atoms in total. The molecule has 0 radical (unpaired) electrons. The van der Waals surface area contributed by atoms with Crippen LogP contribution in [0.3, 0.4) is 0 Å². The summed E-state index contributed by atoms with van der Waals surface area (Å²) in [6, 6.07) is 2.31. The topological polar surface area (TPSA) is 9.72 Å². The van der Waals surface area contributed by atoms with Gasteiger partial charge in [0.05, 0.1) is 0 Å². The minimum Gasteiger partial charge on any atom is -0.306 e. The highest BCUT2D eigenvalue weighted by molar-refractivity contribution is 4.83. The first kappa shape index (κ1) is 16.9. The lowest BCUT2D eigenvalue weighted by atomic mass is 9.89. The maximum atomic E-state index is 2.61. The quantitative estimate of drug-likeness (QED) is 0.703. The molecule has 0 heterocycles. The van der Waals surface area contributed by atoms with Crippen LogP contribution in [0.5, 0.6) is 0 Å². The van der Waals surface area contributed by atoms with Crippen LogP contribution in [0.1, 0.15) is 45.4 Å². The van der Waals surface area contributed by atoms with Crippen molar-refractivity contribution in [2.24, 2.45) is 0 Å². The van der Waals surface area contributed by atoms with Gasteiger partial charge in [-0.3, -0.25) is 0 Å². The predicted molar refractivity (Wildman–Crippen MR) is 84.7 cm³/mol. The second kappa shape index (κ2) is 8.23. The summed E-state index contributed by atoms with van der Waals surface area (Å²) >= 11 is 0. The lowest BCUT2D eigenvalue weighted by molar-refractivity contribution is 0.118. The standard InChI is InChI=1S/C16H35N3/c1-7-14(17(2)3)11-12-19(6)16-10-8-9-15(13-16)18(4)5/h14-16H,7-13H2,1-6H3. The van der Waals surface area contributed by atoms with Gasteiger partial charge in [0.15, 0.2) is 0 Å². The van der Waals surface area contributed by atoms with E-state index < -0.39 is 0 Å². The zero-order valence-electron chi connectivity index (χ0n) is 14.0. The van der Waals surface area contributed by atoms with Crippen LogP contribution in [-0.4, -0.2) is 74.6 Å². The maximum absolute atomic E-state index is 2.61.